The number of nitrogens with zero attached hydrogens (tertiary/aromatic N) is 2. The smallest absolute Gasteiger partial charge is 0.244 e. The van der Waals surface area contributed by atoms with Crippen LogP contribution in [-0.2, 0) is 16.4 Å². The summed E-state index contributed by atoms with van der Waals surface area (Å²) in [4.78, 5) is 7.35. The zero-order valence-electron chi connectivity index (χ0n) is 11.1. The Hall–Kier alpha value is -1.67. The Bertz CT molecular complexity index is 652. The lowest BCUT2D eigenvalue weighted by Gasteiger charge is -2.06. The van der Waals surface area contributed by atoms with Crippen LogP contribution in [0.2, 0.25) is 0 Å². The van der Waals surface area contributed by atoms with Crippen LogP contribution in [0.3, 0.4) is 0 Å². The van der Waals surface area contributed by atoms with Gasteiger partial charge in [0, 0.05) is 24.9 Å². The zero-order valence-corrected chi connectivity index (χ0v) is 11.9. The topological polar surface area (TPSA) is 104 Å². The van der Waals surface area contributed by atoms with Crippen molar-refractivity contribution < 1.29 is 8.42 Å². The Morgan fingerprint density at radius 3 is 2.58 bits per heavy atom. The molecular formula is C11H17N5O2S. The molecule has 2 heterocycles. The summed E-state index contributed by atoms with van der Waals surface area (Å²) in [5, 5.41) is 6.56. The number of aromatic nitrogens is 4. The van der Waals surface area contributed by atoms with Gasteiger partial charge in [0.15, 0.2) is 0 Å². The summed E-state index contributed by atoms with van der Waals surface area (Å²) in [7, 11) is -3.52. The fourth-order valence-electron chi connectivity index (χ4n) is 1.93. The molecule has 0 unspecified atom stereocenters. The first-order chi connectivity index (χ1) is 8.90. The minimum atomic E-state index is -3.52. The van der Waals surface area contributed by atoms with E-state index in [9.17, 15) is 8.42 Å². The van der Waals surface area contributed by atoms with Crippen LogP contribution in [0.5, 0.6) is 0 Å². The maximum Gasteiger partial charge on any atom is 0.244 e. The Kier molecular flexibility index (Phi) is 3.72. The molecule has 2 aromatic rings. The number of sulfonamides is 1. The molecule has 0 bridgehead atoms. The standard InChI is InChI=1S/C11H17N5O2S/c1-7-11(8(2)16-15-7)19(17,18)13-5-4-10-6-12-9(3)14-10/h6,13H,4-5H2,1-3H3,(H,12,14)(H,15,16). The second kappa shape index (κ2) is 5.14. The third-order valence-electron chi connectivity index (χ3n) is 2.77. The summed E-state index contributed by atoms with van der Waals surface area (Å²) in [5.74, 6) is 0.819. The fraction of sp³-hybridized carbons (Fsp3) is 0.455. The molecule has 7 nitrogen and oxygen atoms in total. The van der Waals surface area contributed by atoms with Crippen LogP contribution in [0.25, 0.3) is 0 Å². The van der Waals surface area contributed by atoms with E-state index in [2.05, 4.69) is 24.9 Å². The van der Waals surface area contributed by atoms with Gasteiger partial charge in [-0.05, 0) is 20.8 Å². The number of H-pyrrole nitrogens is 2. The van der Waals surface area contributed by atoms with Crippen molar-refractivity contribution in [2.45, 2.75) is 32.1 Å². The third-order valence-corrected chi connectivity index (χ3v) is 4.49. The molecule has 0 radical (unpaired) electrons. The number of rotatable bonds is 5. The first-order valence-corrected chi connectivity index (χ1v) is 7.40. The molecule has 0 aliphatic rings. The Morgan fingerprint density at radius 1 is 1.32 bits per heavy atom. The highest BCUT2D eigenvalue weighted by molar-refractivity contribution is 7.89. The van der Waals surface area contributed by atoms with Crippen molar-refractivity contribution in [1.29, 1.82) is 0 Å². The van der Waals surface area contributed by atoms with Gasteiger partial charge in [0.25, 0.3) is 0 Å². The van der Waals surface area contributed by atoms with Gasteiger partial charge in [0.2, 0.25) is 10.0 Å². The second-order valence-corrected chi connectivity index (χ2v) is 6.11. The van der Waals surface area contributed by atoms with Crippen molar-refractivity contribution in [1.82, 2.24) is 24.9 Å². The van der Waals surface area contributed by atoms with Gasteiger partial charge in [-0.1, -0.05) is 0 Å². The normalized spacial score (nSPS) is 11.9. The van der Waals surface area contributed by atoms with Crippen LogP contribution in [0.1, 0.15) is 22.9 Å². The summed E-state index contributed by atoms with van der Waals surface area (Å²) in [6, 6.07) is 0. The summed E-state index contributed by atoms with van der Waals surface area (Å²) in [6.07, 6.45) is 2.27. The molecule has 8 heteroatoms. The van der Waals surface area contributed by atoms with E-state index in [1.807, 2.05) is 6.92 Å². The molecule has 2 aromatic heterocycles. The van der Waals surface area contributed by atoms with Crippen molar-refractivity contribution in [2.75, 3.05) is 6.54 Å². The molecule has 0 fully saturated rings. The molecule has 19 heavy (non-hydrogen) atoms. The molecular weight excluding hydrogens is 266 g/mol. The maximum atomic E-state index is 12.1. The van der Waals surface area contributed by atoms with Crippen LogP contribution in [-0.4, -0.2) is 35.1 Å². The number of nitrogens with one attached hydrogen (secondary N) is 3. The van der Waals surface area contributed by atoms with E-state index < -0.39 is 10.0 Å². The highest BCUT2D eigenvalue weighted by atomic mass is 32.2. The van der Waals surface area contributed by atoms with Gasteiger partial charge in [0.05, 0.1) is 11.4 Å². The predicted octanol–water partition coefficient (Wildman–Crippen LogP) is 0.579. The molecule has 2 rings (SSSR count). The number of hydrogen-bond acceptors (Lipinski definition) is 4. The van der Waals surface area contributed by atoms with Gasteiger partial charge in [-0.15, -0.1) is 0 Å². The fourth-order valence-corrected chi connectivity index (χ4v) is 3.33. The van der Waals surface area contributed by atoms with E-state index in [0.29, 0.717) is 24.4 Å². The van der Waals surface area contributed by atoms with E-state index >= 15 is 0 Å². The minimum Gasteiger partial charge on any atom is -0.346 e. The minimum absolute atomic E-state index is 0.230. The monoisotopic (exact) mass is 283 g/mol. The average molecular weight is 283 g/mol. The number of aromatic amines is 2. The summed E-state index contributed by atoms with van der Waals surface area (Å²) < 4.78 is 26.8. The summed E-state index contributed by atoms with van der Waals surface area (Å²) in [5.41, 5.74) is 1.92. The third kappa shape index (κ3) is 3.02. The van der Waals surface area contributed by atoms with Crippen molar-refractivity contribution in [3.05, 3.63) is 29.1 Å². The Morgan fingerprint density at radius 2 is 2.05 bits per heavy atom. The van der Waals surface area contributed by atoms with E-state index in [1.54, 1.807) is 20.0 Å². The van der Waals surface area contributed by atoms with Crippen molar-refractivity contribution in [2.24, 2.45) is 0 Å². The van der Waals surface area contributed by atoms with Crippen molar-refractivity contribution in [3.63, 3.8) is 0 Å². The maximum absolute atomic E-state index is 12.1. The molecule has 3 N–H and O–H groups in total. The average Bonchev–Trinajstić information content (AvgIpc) is 2.86. The highest BCUT2D eigenvalue weighted by Gasteiger charge is 2.21. The Balaban J connectivity index is 2.03. The van der Waals surface area contributed by atoms with Crippen LogP contribution in [0.4, 0.5) is 0 Å². The summed E-state index contributed by atoms with van der Waals surface area (Å²) in [6.45, 7) is 5.52. The predicted molar refractivity (Wildman–Crippen MR) is 70.3 cm³/mol. The quantitative estimate of drug-likeness (QED) is 0.746. The van der Waals surface area contributed by atoms with Gasteiger partial charge < -0.3 is 4.98 Å². The lowest BCUT2D eigenvalue weighted by molar-refractivity contribution is 0.580. The van der Waals surface area contributed by atoms with Crippen molar-refractivity contribution >= 4 is 10.0 Å². The lowest BCUT2D eigenvalue weighted by Crippen LogP contribution is -2.27. The Labute approximate surface area is 111 Å². The second-order valence-electron chi connectivity index (χ2n) is 4.40. The zero-order chi connectivity index (χ0) is 14.0. The molecule has 0 spiro atoms. The van der Waals surface area contributed by atoms with Gasteiger partial charge in [-0.25, -0.2) is 18.1 Å². The summed E-state index contributed by atoms with van der Waals surface area (Å²) >= 11 is 0. The van der Waals surface area contributed by atoms with Crippen LogP contribution in [0, 0.1) is 20.8 Å². The van der Waals surface area contributed by atoms with Crippen molar-refractivity contribution in [3.8, 4) is 0 Å². The van der Waals surface area contributed by atoms with Crippen LogP contribution < -0.4 is 4.72 Å². The molecule has 0 aliphatic heterocycles. The first-order valence-electron chi connectivity index (χ1n) is 5.92. The number of aryl methyl sites for hydroxylation is 3. The largest absolute Gasteiger partial charge is 0.346 e. The molecule has 0 saturated heterocycles. The molecule has 0 aliphatic carbocycles. The van der Waals surface area contributed by atoms with Gasteiger partial charge in [-0.2, -0.15) is 5.10 Å². The highest BCUT2D eigenvalue weighted by Crippen LogP contribution is 2.15. The van der Waals surface area contributed by atoms with E-state index in [0.717, 1.165) is 11.5 Å². The molecule has 0 atom stereocenters. The molecule has 0 aromatic carbocycles. The van der Waals surface area contributed by atoms with E-state index in [1.165, 1.54) is 0 Å². The molecule has 0 amide bonds. The van der Waals surface area contributed by atoms with Crippen LogP contribution >= 0.6 is 0 Å². The van der Waals surface area contributed by atoms with E-state index in [-0.39, 0.29) is 4.90 Å². The SMILES string of the molecule is Cc1ncc(CCNS(=O)(=O)c2c(C)n[nH]c2C)[nH]1. The lowest BCUT2D eigenvalue weighted by atomic mass is 10.3. The number of imidazole rings is 1. The van der Waals surface area contributed by atoms with Gasteiger partial charge in [0.1, 0.15) is 10.7 Å². The van der Waals surface area contributed by atoms with Crippen LogP contribution in [0.15, 0.2) is 11.1 Å². The van der Waals surface area contributed by atoms with Gasteiger partial charge >= 0.3 is 0 Å². The molecule has 104 valence electrons. The molecule has 0 saturated carbocycles. The first kappa shape index (κ1) is 13.8. The van der Waals surface area contributed by atoms with Gasteiger partial charge in [-0.3, -0.25) is 5.10 Å². The number of hydrogen-bond donors (Lipinski definition) is 3. The van der Waals surface area contributed by atoms with E-state index in [4.69, 9.17) is 0 Å².